The minimum Gasteiger partial charge on any atom is -0.464 e. The van der Waals surface area contributed by atoms with Gasteiger partial charge in [0.15, 0.2) is 0 Å². The summed E-state index contributed by atoms with van der Waals surface area (Å²) in [5.41, 5.74) is 5.49. The molecular formula is C20H43N2O7P. The van der Waals surface area contributed by atoms with Gasteiger partial charge in [-0.1, -0.05) is 58.3 Å². The standard InChI is InChI=1S/C20H40N2O3.H3O4P/c1-3-5-6-7-8-9-10-11-12-16-19(23)22-18(15-13-14-17-21)20(24)25-4-2;1-5(2,3)4/h18H,3-17,21H2,1-2H3,(H,22,23);(H3,1,2,3,4). The Morgan fingerprint density at radius 1 is 0.900 bits per heavy atom. The zero-order valence-electron chi connectivity index (χ0n) is 18.7. The molecule has 0 radical (unpaired) electrons. The highest BCUT2D eigenvalue weighted by Gasteiger charge is 2.21. The zero-order valence-corrected chi connectivity index (χ0v) is 19.6. The molecule has 0 heterocycles. The number of carbonyl (C=O) groups is 2. The molecule has 0 saturated heterocycles. The molecule has 0 aromatic carbocycles. The molecule has 10 heteroatoms. The fourth-order valence-electron chi connectivity index (χ4n) is 2.85. The highest BCUT2D eigenvalue weighted by Crippen LogP contribution is 2.25. The summed E-state index contributed by atoms with van der Waals surface area (Å²) >= 11 is 0. The quantitative estimate of drug-likeness (QED) is 0.127. The van der Waals surface area contributed by atoms with E-state index in [0.717, 1.165) is 25.7 Å². The van der Waals surface area contributed by atoms with Crippen LogP contribution in [0.2, 0.25) is 0 Å². The molecule has 0 saturated carbocycles. The maximum Gasteiger partial charge on any atom is 0.466 e. The van der Waals surface area contributed by atoms with E-state index in [0.29, 0.717) is 26.0 Å². The molecule has 0 spiro atoms. The Balaban J connectivity index is 0. The van der Waals surface area contributed by atoms with Crippen molar-refractivity contribution in [3.05, 3.63) is 0 Å². The van der Waals surface area contributed by atoms with E-state index in [1.165, 1.54) is 44.9 Å². The van der Waals surface area contributed by atoms with E-state index >= 15 is 0 Å². The van der Waals surface area contributed by atoms with Crippen molar-refractivity contribution >= 4 is 19.7 Å². The van der Waals surface area contributed by atoms with Crippen LogP contribution in [0.1, 0.15) is 97.3 Å². The van der Waals surface area contributed by atoms with Crippen LogP contribution >= 0.6 is 7.82 Å². The highest BCUT2D eigenvalue weighted by atomic mass is 31.2. The van der Waals surface area contributed by atoms with Crippen molar-refractivity contribution in [3.8, 4) is 0 Å². The van der Waals surface area contributed by atoms with Gasteiger partial charge in [-0.15, -0.1) is 0 Å². The molecule has 180 valence electrons. The lowest BCUT2D eigenvalue weighted by Gasteiger charge is -2.17. The smallest absolute Gasteiger partial charge is 0.464 e. The molecule has 0 aliphatic carbocycles. The van der Waals surface area contributed by atoms with Gasteiger partial charge in [0, 0.05) is 6.42 Å². The molecule has 0 rings (SSSR count). The van der Waals surface area contributed by atoms with Crippen molar-refractivity contribution in [1.29, 1.82) is 0 Å². The Morgan fingerprint density at radius 2 is 1.40 bits per heavy atom. The van der Waals surface area contributed by atoms with Crippen molar-refractivity contribution in [2.75, 3.05) is 13.2 Å². The van der Waals surface area contributed by atoms with E-state index < -0.39 is 13.9 Å². The zero-order chi connectivity index (χ0) is 23.3. The van der Waals surface area contributed by atoms with Crippen LogP contribution in [0.5, 0.6) is 0 Å². The summed E-state index contributed by atoms with van der Waals surface area (Å²) in [5, 5.41) is 2.83. The van der Waals surface area contributed by atoms with E-state index in [1.54, 1.807) is 6.92 Å². The summed E-state index contributed by atoms with van der Waals surface area (Å²) in [6, 6.07) is -0.530. The third-order valence-electron chi connectivity index (χ3n) is 4.36. The maximum absolute atomic E-state index is 12.1. The number of carbonyl (C=O) groups excluding carboxylic acids is 2. The minimum atomic E-state index is -4.64. The molecule has 1 atom stereocenters. The van der Waals surface area contributed by atoms with Gasteiger partial charge in [-0.05, 0) is 39.2 Å². The Labute approximate surface area is 181 Å². The summed E-state index contributed by atoms with van der Waals surface area (Å²) in [7, 11) is -4.64. The Bertz CT molecular complexity index is 464. The van der Waals surface area contributed by atoms with Gasteiger partial charge >= 0.3 is 13.8 Å². The van der Waals surface area contributed by atoms with Crippen molar-refractivity contribution in [2.45, 2.75) is 103 Å². The van der Waals surface area contributed by atoms with Crippen LogP contribution in [0.25, 0.3) is 0 Å². The molecule has 0 fully saturated rings. The first kappa shape index (κ1) is 31.2. The largest absolute Gasteiger partial charge is 0.466 e. The number of hydrogen-bond donors (Lipinski definition) is 5. The van der Waals surface area contributed by atoms with Crippen LogP contribution in [-0.2, 0) is 18.9 Å². The summed E-state index contributed by atoms with van der Waals surface area (Å²) in [5.74, 6) is -0.381. The second kappa shape index (κ2) is 21.2. The third kappa shape index (κ3) is 27.0. The topological polar surface area (TPSA) is 159 Å². The summed E-state index contributed by atoms with van der Waals surface area (Å²) in [4.78, 5) is 45.5. The van der Waals surface area contributed by atoms with Crippen molar-refractivity contribution in [3.63, 3.8) is 0 Å². The molecule has 0 aromatic rings. The molecule has 0 aliphatic heterocycles. The first-order chi connectivity index (χ1) is 14.2. The molecule has 1 amide bonds. The lowest BCUT2D eigenvalue weighted by Crippen LogP contribution is -2.41. The second-order valence-electron chi connectivity index (χ2n) is 7.25. The lowest BCUT2D eigenvalue weighted by atomic mass is 10.1. The van der Waals surface area contributed by atoms with Gasteiger partial charge in [0.1, 0.15) is 6.04 Å². The van der Waals surface area contributed by atoms with Crippen molar-refractivity contribution in [2.24, 2.45) is 5.73 Å². The lowest BCUT2D eigenvalue weighted by molar-refractivity contribution is -0.147. The van der Waals surface area contributed by atoms with Gasteiger partial charge in [0.25, 0.3) is 0 Å². The van der Waals surface area contributed by atoms with Gasteiger partial charge in [0.05, 0.1) is 6.61 Å². The Kier molecular flexibility index (Phi) is 22.1. The minimum absolute atomic E-state index is 0.0475. The van der Waals surface area contributed by atoms with Crippen LogP contribution < -0.4 is 11.1 Å². The fourth-order valence-corrected chi connectivity index (χ4v) is 2.85. The number of ether oxygens (including phenoxy) is 1. The van der Waals surface area contributed by atoms with Gasteiger partial charge in [-0.3, -0.25) is 4.79 Å². The molecule has 9 nitrogen and oxygen atoms in total. The van der Waals surface area contributed by atoms with Crippen LogP contribution in [0.4, 0.5) is 0 Å². The predicted molar refractivity (Wildman–Crippen MR) is 118 cm³/mol. The van der Waals surface area contributed by atoms with Gasteiger partial charge in [-0.25, -0.2) is 9.36 Å². The molecule has 6 N–H and O–H groups in total. The summed E-state index contributed by atoms with van der Waals surface area (Å²) < 4.78 is 13.9. The van der Waals surface area contributed by atoms with E-state index in [4.69, 9.17) is 29.7 Å². The summed E-state index contributed by atoms with van der Waals surface area (Å²) in [6.45, 7) is 4.94. The third-order valence-corrected chi connectivity index (χ3v) is 4.36. The van der Waals surface area contributed by atoms with Crippen LogP contribution in [0, 0.1) is 0 Å². The van der Waals surface area contributed by atoms with Crippen molar-refractivity contribution in [1.82, 2.24) is 5.32 Å². The molecule has 0 bridgehead atoms. The second-order valence-corrected chi connectivity index (χ2v) is 8.27. The normalized spacial score (nSPS) is 11.9. The van der Waals surface area contributed by atoms with Crippen LogP contribution in [0.3, 0.4) is 0 Å². The molecule has 0 aromatic heterocycles. The number of amides is 1. The van der Waals surface area contributed by atoms with Crippen LogP contribution in [0.15, 0.2) is 0 Å². The fraction of sp³-hybridized carbons (Fsp3) is 0.900. The molecular weight excluding hydrogens is 411 g/mol. The van der Waals surface area contributed by atoms with Crippen LogP contribution in [-0.4, -0.2) is 45.8 Å². The Hall–Kier alpha value is -0.990. The number of rotatable bonds is 17. The number of phosphoric acid groups is 1. The van der Waals surface area contributed by atoms with Gasteiger partial charge < -0.3 is 30.5 Å². The number of esters is 1. The SMILES string of the molecule is CCCCCCCCCCCC(=O)NC(CCCCN)C(=O)OCC.O=P(O)(O)O. The molecule has 0 aliphatic rings. The Morgan fingerprint density at radius 3 is 1.87 bits per heavy atom. The first-order valence-electron chi connectivity index (χ1n) is 11.1. The molecule has 30 heavy (non-hydrogen) atoms. The number of nitrogens with one attached hydrogen (secondary N) is 1. The van der Waals surface area contributed by atoms with E-state index in [1.807, 2.05) is 0 Å². The van der Waals surface area contributed by atoms with E-state index in [-0.39, 0.29) is 11.9 Å². The molecule has 1 unspecified atom stereocenters. The number of nitrogens with two attached hydrogens (primary N) is 1. The van der Waals surface area contributed by atoms with Crippen molar-refractivity contribution < 1.29 is 33.6 Å². The van der Waals surface area contributed by atoms with E-state index in [9.17, 15) is 9.59 Å². The van der Waals surface area contributed by atoms with Gasteiger partial charge in [0.2, 0.25) is 5.91 Å². The van der Waals surface area contributed by atoms with E-state index in [2.05, 4.69) is 12.2 Å². The number of unbranched alkanes of at least 4 members (excludes halogenated alkanes) is 9. The number of hydrogen-bond acceptors (Lipinski definition) is 5. The average molecular weight is 455 g/mol. The maximum atomic E-state index is 12.1. The predicted octanol–water partition coefficient (Wildman–Crippen LogP) is 3.16. The monoisotopic (exact) mass is 454 g/mol. The summed E-state index contributed by atoms with van der Waals surface area (Å²) in [6.07, 6.45) is 13.8. The average Bonchev–Trinajstić information content (AvgIpc) is 2.65. The first-order valence-corrected chi connectivity index (χ1v) is 12.7. The van der Waals surface area contributed by atoms with Gasteiger partial charge in [-0.2, -0.15) is 0 Å². The highest BCUT2D eigenvalue weighted by molar-refractivity contribution is 7.45.